The first-order valence-corrected chi connectivity index (χ1v) is 7.92. The van der Waals surface area contributed by atoms with Crippen molar-refractivity contribution in [2.24, 2.45) is 0 Å². The van der Waals surface area contributed by atoms with Crippen molar-refractivity contribution in [3.8, 4) is 10.7 Å². The van der Waals surface area contributed by atoms with Crippen molar-refractivity contribution in [1.82, 2.24) is 19.7 Å². The summed E-state index contributed by atoms with van der Waals surface area (Å²) in [5.41, 5.74) is 1.11. The Balaban J connectivity index is 2.08. The minimum absolute atomic E-state index is 0.0934. The van der Waals surface area contributed by atoms with Crippen LogP contribution in [0.2, 0.25) is 0 Å². The van der Waals surface area contributed by atoms with Gasteiger partial charge in [-0.15, -0.1) is 11.3 Å². The summed E-state index contributed by atoms with van der Waals surface area (Å²) < 4.78 is 23.7. The lowest BCUT2D eigenvalue weighted by atomic mass is 10.3. The molecule has 0 unspecified atom stereocenters. The van der Waals surface area contributed by atoms with E-state index in [4.69, 9.17) is 0 Å². The lowest BCUT2D eigenvalue weighted by Gasteiger charge is -1.99. The van der Waals surface area contributed by atoms with E-state index in [1.807, 2.05) is 4.72 Å². The van der Waals surface area contributed by atoms with E-state index in [1.54, 1.807) is 24.0 Å². The Morgan fingerprint density at radius 2 is 2.21 bits per heavy atom. The lowest BCUT2D eigenvalue weighted by molar-refractivity contribution is -0.118. The highest BCUT2D eigenvalue weighted by atomic mass is 32.2. The van der Waals surface area contributed by atoms with Crippen molar-refractivity contribution in [2.45, 2.75) is 6.42 Å². The molecule has 7 nitrogen and oxygen atoms in total. The zero-order chi connectivity index (χ0) is 13.9. The normalized spacial score (nSPS) is 11.2. The Bertz CT molecular complexity index is 682. The minimum Gasteiger partial charge on any atom is -0.274 e. The quantitative estimate of drug-likeness (QED) is 0.866. The van der Waals surface area contributed by atoms with Crippen LogP contribution in [0.5, 0.6) is 0 Å². The maximum Gasteiger partial charge on any atom is 0.239 e. The SMILES string of the molecule is CS(=O)(=O)NC(=O)Cc1csc(-c2cnccn2)n1. The zero-order valence-electron chi connectivity index (χ0n) is 9.90. The molecule has 2 rings (SSSR count). The maximum absolute atomic E-state index is 11.4. The van der Waals surface area contributed by atoms with E-state index in [0.717, 1.165) is 6.26 Å². The van der Waals surface area contributed by atoms with Gasteiger partial charge in [-0.2, -0.15) is 0 Å². The maximum atomic E-state index is 11.4. The number of amides is 1. The molecule has 19 heavy (non-hydrogen) atoms. The molecule has 2 aromatic heterocycles. The molecule has 0 bridgehead atoms. The first kappa shape index (κ1) is 13.6. The van der Waals surface area contributed by atoms with Gasteiger partial charge in [-0.3, -0.25) is 19.5 Å². The third kappa shape index (κ3) is 4.07. The van der Waals surface area contributed by atoms with Crippen molar-refractivity contribution >= 4 is 27.3 Å². The van der Waals surface area contributed by atoms with E-state index in [9.17, 15) is 13.2 Å². The van der Waals surface area contributed by atoms with Crippen LogP contribution in [0.4, 0.5) is 0 Å². The van der Waals surface area contributed by atoms with Crippen LogP contribution in [-0.4, -0.2) is 35.5 Å². The first-order chi connectivity index (χ1) is 8.94. The molecule has 100 valence electrons. The van der Waals surface area contributed by atoms with Crippen molar-refractivity contribution < 1.29 is 13.2 Å². The third-order valence-electron chi connectivity index (χ3n) is 1.97. The molecule has 2 heterocycles. The largest absolute Gasteiger partial charge is 0.274 e. The van der Waals surface area contributed by atoms with Gasteiger partial charge in [0, 0.05) is 17.8 Å². The third-order valence-corrected chi connectivity index (χ3v) is 3.49. The molecule has 0 aromatic carbocycles. The van der Waals surface area contributed by atoms with Gasteiger partial charge in [-0.1, -0.05) is 0 Å². The Hall–Kier alpha value is -1.87. The number of rotatable bonds is 4. The summed E-state index contributed by atoms with van der Waals surface area (Å²) in [7, 11) is -3.54. The molecule has 0 saturated carbocycles. The molecule has 0 aliphatic rings. The smallest absolute Gasteiger partial charge is 0.239 e. The summed E-state index contributed by atoms with van der Waals surface area (Å²) in [4.78, 5) is 23.6. The van der Waals surface area contributed by atoms with E-state index in [-0.39, 0.29) is 6.42 Å². The van der Waals surface area contributed by atoms with Crippen molar-refractivity contribution in [2.75, 3.05) is 6.26 Å². The average Bonchev–Trinajstić information content (AvgIpc) is 2.76. The zero-order valence-corrected chi connectivity index (χ0v) is 11.5. The molecule has 0 radical (unpaired) electrons. The monoisotopic (exact) mass is 298 g/mol. The number of thiazole rings is 1. The first-order valence-electron chi connectivity index (χ1n) is 5.15. The molecular formula is C10H10N4O3S2. The fraction of sp³-hybridized carbons (Fsp3) is 0.200. The van der Waals surface area contributed by atoms with Crippen LogP contribution < -0.4 is 4.72 Å². The molecule has 0 aliphatic carbocycles. The highest BCUT2D eigenvalue weighted by molar-refractivity contribution is 7.89. The van der Waals surface area contributed by atoms with E-state index >= 15 is 0 Å². The van der Waals surface area contributed by atoms with Gasteiger partial charge in [-0.25, -0.2) is 13.4 Å². The van der Waals surface area contributed by atoms with Gasteiger partial charge in [0.25, 0.3) is 0 Å². The highest BCUT2D eigenvalue weighted by Gasteiger charge is 2.12. The standard InChI is InChI=1S/C10H10N4O3S2/c1-19(16,17)14-9(15)4-7-6-18-10(13-7)8-5-11-2-3-12-8/h2-3,5-6H,4H2,1H3,(H,14,15). The summed E-state index contributed by atoms with van der Waals surface area (Å²) in [5.74, 6) is -0.613. The van der Waals surface area contributed by atoms with Crippen LogP contribution in [0.15, 0.2) is 24.0 Å². The molecule has 0 fully saturated rings. The Kier molecular flexibility index (Phi) is 3.86. The fourth-order valence-electron chi connectivity index (χ4n) is 1.32. The average molecular weight is 298 g/mol. The minimum atomic E-state index is -3.54. The van der Waals surface area contributed by atoms with Crippen LogP contribution in [-0.2, 0) is 21.2 Å². The van der Waals surface area contributed by atoms with E-state index < -0.39 is 15.9 Å². The summed E-state index contributed by atoms with van der Waals surface area (Å²) in [6.07, 6.45) is 5.50. The number of carbonyl (C=O) groups excluding carboxylic acids is 1. The molecule has 1 N–H and O–H groups in total. The predicted molar refractivity (Wildman–Crippen MR) is 69.8 cm³/mol. The van der Waals surface area contributed by atoms with Crippen molar-refractivity contribution in [3.05, 3.63) is 29.7 Å². The number of aromatic nitrogens is 3. The molecule has 0 atom stereocenters. The summed E-state index contributed by atoms with van der Waals surface area (Å²) >= 11 is 1.32. The summed E-state index contributed by atoms with van der Waals surface area (Å²) in [6, 6.07) is 0. The second kappa shape index (κ2) is 5.41. The van der Waals surface area contributed by atoms with Gasteiger partial charge in [0.2, 0.25) is 15.9 Å². The van der Waals surface area contributed by atoms with E-state index in [0.29, 0.717) is 16.4 Å². The number of sulfonamides is 1. The summed E-state index contributed by atoms with van der Waals surface area (Å²) in [5, 5.41) is 2.32. The Morgan fingerprint density at radius 1 is 1.42 bits per heavy atom. The molecule has 9 heteroatoms. The second-order valence-electron chi connectivity index (χ2n) is 3.71. The van der Waals surface area contributed by atoms with Gasteiger partial charge in [0.05, 0.1) is 24.6 Å². The number of hydrogen-bond acceptors (Lipinski definition) is 7. The van der Waals surface area contributed by atoms with Crippen LogP contribution in [0.3, 0.4) is 0 Å². The van der Waals surface area contributed by atoms with Gasteiger partial charge in [0.15, 0.2) is 0 Å². The van der Waals surface area contributed by atoms with Crippen molar-refractivity contribution in [1.29, 1.82) is 0 Å². The number of nitrogens with zero attached hydrogens (tertiary/aromatic N) is 3. The predicted octanol–water partition coefficient (Wildman–Crippen LogP) is 0.218. The van der Waals surface area contributed by atoms with Crippen molar-refractivity contribution in [3.63, 3.8) is 0 Å². The summed E-state index contributed by atoms with van der Waals surface area (Å²) in [6.45, 7) is 0. The Morgan fingerprint density at radius 3 is 2.84 bits per heavy atom. The highest BCUT2D eigenvalue weighted by Crippen LogP contribution is 2.20. The molecule has 1 amide bonds. The molecule has 2 aromatic rings. The topological polar surface area (TPSA) is 102 Å². The fourth-order valence-corrected chi connectivity index (χ4v) is 2.59. The molecule has 0 aliphatic heterocycles. The molecule has 0 spiro atoms. The molecule has 0 saturated heterocycles. The van der Waals surface area contributed by atoms with Crippen LogP contribution in [0.25, 0.3) is 10.7 Å². The number of carbonyl (C=O) groups is 1. The van der Waals surface area contributed by atoms with Crippen LogP contribution in [0.1, 0.15) is 5.69 Å². The van der Waals surface area contributed by atoms with Gasteiger partial charge >= 0.3 is 0 Å². The lowest BCUT2D eigenvalue weighted by Crippen LogP contribution is -2.30. The van der Waals surface area contributed by atoms with Crippen LogP contribution >= 0.6 is 11.3 Å². The Labute approximate surface area is 113 Å². The number of hydrogen-bond donors (Lipinski definition) is 1. The van der Waals surface area contributed by atoms with Gasteiger partial charge in [0.1, 0.15) is 10.7 Å². The molecular weight excluding hydrogens is 288 g/mol. The number of nitrogens with one attached hydrogen (secondary N) is 1. The van der Waals surface area contributed by atoms with E-state index in [1.165, 1.54) is 11.3 Å². The second-order valence-corrected chi connectivity index (χ2v) is 6.32. The van der Waals surface area contributed by atoms with E-state index in [2.05, 4.69) is 15.0 Å². The van der Waals surface area contributed by atoms with Gasteiger partial charge < -0.3 is 0 Å². The van der Waals surface area contributed by atoms with Gasteiger partial charge in [-0.05, 0) is 0 Å². The van der Waals surface area contributed by atoms with Crippen LogP contribution in [0, 0.1) is 0 Å².